The molecule has 19 heavy (non-hydrogen) atoms. The molecule has 5 heteroatoms. The second-order valence-electron chi connectivity index (χ2n) is 5.40. The smallest absolute Gasteiger partial charge is 0.232 e. The van der Waals surface area contributed by atoms with Gasteiger partial charge in [-0.25, -0.2) is 0 Å². The van der Waals surface area contributed by atoms with Crippen LogP contribution in [0.3, 0.4) is 0 Å². The molecule has 0 saturated heterocycles. The molecule has 0 radical (unpaired) electrons. The molecule has 1 aromatic rings. The van der Waals surface area contributed by atoms with Gasteiger partial charge in [0.15, 0.2) is 0 Å². The summed E-state index contributed by atoms with van der Waals surface area (Å²) >= 11 is 13.5. The average Bonchev–Trinajstić information content (AvgIpc) is 2.29. The molecule has 0 saturated carbocycles. The molecule has 0 atom stereocenters. The number of rotatable bonds is 4. The van der Waals surface area contributed by atoms with Crippen molar-refractivity contribution in [3.8, 4) is 0 Å². The maximum absolute atomic E-state index is 12.0. The fraction of sp³-hybridized carbons (Fsp3) is 0.500. The molecule has 106 valence electrons. The summed E-state index contributed by atoms with van der Waals surface area (Å²) in [7, 11) is 1.80. The average molecular weight is 320 g/mol. The van der Waals surface area contributed by atoms with Crippen LogP contribution >= 0.6 is 35.0 Å². The van der Waals surface area contributed by atoms with E-state index in [9.17, 15) is 4.79 Å². The summed E-state index contributed by atoms with van der Waals surface area (Å²) in [6.07, 6.45) is 0. The maximum atomic E-state index is 12.0. The zero-order valence-electron chi connectivity index (χ0n) is 11.7. The van der Waals surface area contributed by atoms with Crippen molar-refractivity contribution in [1.82, 2.24) is 4.90 Å². The van der Waals surface area contributed by atoms with Gasteiger partial charge < -0.3 is 4.90 Å². The minimum absolute atomic E-state index is 0.0973. The first-order valence-electron chi connectivity index (χ1n) is 6.01. The van der Waals surface area contributed by atoms with Crippen LogP contribution in [0.2, 0.25) is 10.0 Å². The first-order chi connectivity index (χ1) is 8.69. The van der Waals surface area contributed by atoms with Gasteiger partial charge in [-0.3, -0.25) is 4.79 Å². The van der Waals surface area contributed by atoms with Gasteiger partial charge in [-0.05, 0) is 17.7 Å². The third-order valence-electron chi connectivity index (χ3n) is 2.46. The Balaban J connectivity index is 2.56. The topological polar surface area (TPSA) is 20.3 Å². The number of hydrogen-bond donors (Lipinski definition) is 0. The third-order valence-corrected chi connectivity index (χ3v) is 4.45. The standard InChI is InChI=1S/C14H19Cl2NOS/c1-14(2,3)19-9-13(18)17(4)8-10-5-6-11(15)12(16)7-10/h5-7H,8-9H2,1-4H3. The van der Waals surface area contributed by atoms with Gasteiger partial charge in [-0.15, -0.1) is 11.8 Å². The van der Waals surface area contributed by atoms with Gasteiger partial charge >= 0.3 is 0 Å². The van der Waals surface area contributed by atoms with Crippen LogP contribution in [0, 0.1) is 0 Å². The lowest BCUT2D eigenvalue weighted by Crippen LogP contribution is -2.29. The zero-order valence-corrected chi connectivity index (χ0v) is 14.0. The van der Waals surface area contributed by atoms with E-state index in [1.165, 1.54) is 0 Å². The quantitative estimate of drug-likeness (QED) is 0.815. The fourth-order valence-electron chi connectivity index (χ4n) is 1.39. The van der Waals surface area contributed by atoms with E-state index in [1.807, 2.05) is 6.07 Å². The Morgan fingerprint density at radius 1 is 1.26 bits per heavy atom. The SMILES string of the molecule is CN(Cc1ccc(Cl)c(Cl)c1)C(=O)CSC(C)(C)C. The highest BCUT2D eigenvalue weighted by molar-refractivity contribution is 8.01. The molecule has 2 nitrogen and oxygen atoms in total. The van der Waals surface area contributed by atoms with Crippen LogP contribution in [0.25, 0.3) is 0 Å². The maximum Gasteiger partial charge on any atom is 0.232 e. The Labute approximate surface area is 129 Å². The molecule has 0 spiro atoms. The number of hydrogen-bond acceptors (Lipinski definition) is 2. The van der Waals surface area contributed by atoms with E-state index in [1.54, 1.807) is 35.8 Å². The molecule has 0 heterocycles. The van der Waals surface area contributed by atoms with Crippen molar-refractivity contribution in [2.75, 3.05) is 12.8 Å². The van der Waals surface area contributed by atoms with Crippen LogP contribution in [0.15, 0.2) is 18.2 Å². The predicted octanol–water partition coefficient (Wildman–Crippen LogP) is 4.48. The largest absolute Gasteiger partial charge is 0.341 e. The van der Waals surface area contributed by atoms with Crippen LogP contribution in [-0.4, -0.2) is 28.4 Å². The molecule has 0 aliphatic carbocycles. The molecule has 1 aromatic carbocycles. The molecule has 0 aromatic heterocycles. The van der Waals surface area contributed by atoms with Crippen LogP contribution in [0.4, 0.5) is 0 Å². The van der Waals surface area contributed by atoms with Crippen LogP contribution < -0.4 is 0 Å². The van der Waals surface area contributed by atoms with Crippen molar-refractivity contribution < 1.29 is 4.79 Å². The predicted molar refractivity (Wildman–Crippen MR) is 85.1 cm³/mol. The van der Waals surface area contributed by atoms with Crippen molar-refractivity contribution in [2.24, 2.45) is 0 Å². The van der Waals surface area contributed by atoms with E-state index in [-0.39, 0.29) is 10.7 Å². The molecule has 0 bridgehead atoms. The molecule has 1 amide bonds. The molecule has 0 unspecified atom stereocenters. The van der Waals surface area contributed by atoms with Crippen molar-refractivity contribution in [3.63, 3.8) is 0 Å². The molecule has 0 aliphatic heterocycles. The van der Waals surface area contributed by atoms with Crippen LogP contribution in [-0.2, 0) is 11.3 Å². The Morgan fingerprint density at radius 3 is 2.42 bits per heavy atom. The second-order valence-corrected chi connectivity index (χ2v) is 8.02. The lowest BCUT2D eigenvalue weighted by molar-refractivity contribution is -0.127. The minimum Gasteiger partial charge on any atom is -0.341 e. The molecule has 1 rings (SSSR count). The van der Waals surface area contributed by atoms with E-state index in [4.69, 9.17) is 23.2 Å². The Morgan fingerprint density at radius 2 is 1.89 bits per heavy atom. The van der Waals surface area contributed by atoms with Crippen LogP contribution in [0.5, 0.6) is 0 Å². The Bertz CT molecular complexity index is 457. The van der Waals surface area contributed by atoms with E-state index in [2.05, 4.69) is 20.8 Å². The van der Waals surface area contributed by atoms with Crippen molar-refractivity contribution in [3.05, 3.63) is 33.8 Å². The van der Waals surface area contributed by atoms with E-state index in [0.717, 1.165) is 5.56 Å². The van der Waals surface area contributed by atoms with Crippen molar-refractivity contribution >= 4 is 40.9 Å². The summed E-state index contributed by atoms with van der Waals surface area (Å²) in [5.74, 6) is 0.604. The van der Waals surface area contributed by atoms with E-state index in [0.29, 0.717) is 22.3 Å². The molecule has 0 fully saturated rings. The number of amides is 1. The second kappa shape index (κ2) is 6.87. The summed E-state index contributed by atoms with van der Waals surface area (Å²) in [4.78, 5) is 13.7. The Hall–Kier alpha value is -0.380. The van der Waals surface area contributed by atoms with Gasteiger partial charge in [0, 0.05) is 18.3 Å². The number of benzene rings is 1. The first-order valence-corrected chi connectivity index (χ1v) is 7.75. The van der Waals surface area contributed by atoms with Crippen LogP contribution in [0.1, 0.15) is 26.3 Å². The van der Waals surface area contributed by atoms with Gasteiger partial charge in [-0.1, -0.05) is 50.0 Å². The molecule has 0 N–H and O–H groups in total. The van der Waals surface area contributed by atoms with Gasteiger partial charge in [0.25, 0.3) is 0 Å². The van der Waals surface area contributed by atoms with Crippen molar-refractivity contribution in [1.29, 1.82) is 0 Å². The molecular weight excluding hydrogens is 301 g/mol. The summed E-state index contributed by atoms with van der Waals surface area (Å²) in [5, 5.41) is 1.05. The Kier molecular flexibility index (Phi) is 6.03. The van der Waals surface area contributed by atoms with E-state index >= 15 is 0 Å². The van der Waals surface area contributed by atoms with Gasteiger partial charge in [0.05, 0.1) is 15.8 Å². The minimum atomic E-state index is 0.0973. The monoisotopic (exact) mass is 319 g/mol. The normalized spacial score (nSPS) is 11.5. The summed E-state index contributed by atoms with van der Waals surface area (Å²) in [6, 6.07) is 5.43. The lowest BCUT2D eigenvalue weighted by Gasteiger charge is -2.21. The number of nitrogens with zero attached hydrogens (tertiary/aromatic N) is 1. The van der Waals surface area contributed by atoms with Gasteiger partial charge in [-0.2, -0.15) is 0 Å². The summed E-state index contributed by atoms with van der Waals surface area (Å²) in [6.45, 7) is 6.85. The first kappa shape index (κ1) is 16.7. The number of carbonyl (C=O) groups is 1. The zero-order chi connectivity index (χ0) is 14.6. The third kappa shape index (κ3) is 6.07. The number of carbonyl (C=O) groups excluding carboxylic acids is 1. The van der Waals surface area contributed by atoms with E-state index < -0.39 is 0 Å². The number of thioether (sulfide) groups is 1. The molecular formula is C14H19Cl2NOS. The van der Waals surface area contributed by atoms with Gasteiger partial charge in [0.1, 0.15) is 0 Å². The summed E-state index contributed by atoms with van der Waals surface area (Å²) in [5.41, 5.74) is 0.978. The lowest BCUT2D eigenvalue weighted by atomic mass is 10.2. The molecule has 0 aliphatic rings. The summed E-state index contributed by atoms with van der Waals surface area (Å²) < 4.78 is 0.0973. The highest BCUT2D eigenvalue weighted by Gasteiger charge is 2.16. The highest BCUT2D eigenvalue weighted by Crippen LogP contribution is 2.25. The number of halogens is 2. The van der Waals surface area contributed by atoms with Gasteiger partial charge in [0.2, 0.25) is 5.91 Å². The fourth-order valence-corrected chi connectivity index (χ4v) is 2.49. The highest BCUT2D eigenvalue weighted by atomic mass is 35.5. The van der Waals surface area contributed by atoms with Crippen molar-refractivity contribution in [2.45, 2.75) is 32.1 Å².